The van der Waals surface area contributed by atoms with E-state index in [1.807, 2.05) is 0 Å². The number of aromatic hydroxyl groups is 1. The first-order chi connectivity index (χ1) is 8.24. The Balaban J connectivity index is 3.68. The Kier molecular flexibility index (Phi) is 3.42. The van der Waals surface area contributed by atoms with Crippen molar-refractivity contribution in [1.82, 2.24) is 0 Å². The Morgan fingerprint density at radius 3 is 1.47 bits per heavy atom. The van der Waals surface area contributed by atoms with E-state index < -0.39 is 53.1 Å². The van der Waals surface area contributed by atoms with Gasteiger partial charge in [-0.15, -0.1) is 0 Å². The van der Waals surface area contributed by atoms with Crippen molar-refractivity contribution in [3.63, 3.8) is 0 Å². The molecule has 0 spiro atoms. The molecule has 0 saturated heterocycles. The molecule has 1 rings (SSSR count). The van der Waals surface area contributed by atoms with Gasteiger partial charge in [0, 0.05) is 0 Å². The van der Waals surface area contributed by atoms with Gasteiger partial charge < -0.3 is 5.11 Å². The van der Waals surface area contributed by atoms with Crippen LogP contribution in [0.15, 0.2) is 12.1 Å². The van der Waals surface area contributed by atoms with Gasteiger partial charge in [-0.25, -0.2) is 0 Å². The molecule has 0 aliphatic heterocycles. The van der Waals surface area contributed by atoms with Crippen LogP contribution in [-0.4, -0.2) is 5.11 Å². The largest absolute Gasteiger partial charge is 0.507 e. The third-order valence-corrected chi connectivity index (χ3v) is 2.03. The summed E-state index contributed by atoms with van der Waals surface area (Å²) in [5.74, 6) is -2.13. The van der Waals surface area contributed by atoms with Gasteiger partial charge in [-0.2, -0.15) is 39.5 Å². The number of benzene rings is 1. The highest BCUT2D eigenvalue weighted by atomic mass is 19.4. The third kappa shape index (κ3) is 3.24. The van der Waals surface area contributed by atoms with E-state index in [1.54, 1.807) is 0 Å². The molecular weight excluding hydrogens is 295 g/mol. The molecule has 0 aliphatic rings. The Labute approximate surface area is 98.8 Å². The molecule has 1 aromatic rings. The number of alkyl halides is 9. The highest BCUT2D eigenvalue weighted by molar-refractivity contribution is 5.47. The second-order valence-corrected chi connectivity index (χ2v) is 3.41. The minimum Gasteiger partial charge on any atom is -0.507 e. The fraction of sp³-hybridized carbons (Fsp3) is 0.333. The standard InChI is InChI=1S/C9H3F9O/c10-7(11,12)3-1-4(8(13,14)15)6(5(19)2-3)9(16,17)18/h1-2,19H. The molecular formula is C9H3F9O. The van der Waals surface area contributed by atoms with Crippen molar-refractivity contribution < 1.29 is 44.6 Å². The summed E-state index contributed by atoms with van der Waals surface area (Å²) in [6.07, 6.45) is -16.6. The minimum absolute atomic E-state index is 0.405. The second kappa shape index (κ2) is 4.20. The predicted octanol–water partition coefficient (Wildman–Crippen LogP) is 4.45. The SMILES string of the molecule is Oc1cc(C(F)(F)F)cc(C(F)(F)F)c1C(F)(F)F. The lowest BCUT2D eigenvalue weighted by Gasteiger charge is -2.19. The molecule has 1 aromatic carbocycles. The fourth-order valence-corrected chi connectivity index (χ4v) is 1.31. The van der Waals surface area contributed by atoms with Gasteiger partial charge in [0.25, 0.3) is 0 Å². The normalized spacial score (nSPS) is 13.7. The summed E-state index contributed by atoms with van der Waals surface area (Å²) in [6, 6.07) is -1.10. The van der Waals surface area contributed by atoms with Crippen LogP contribution >= 0.6 is 0 Å². The molecule has 0 fully saturated rings. The number of hydrogen-bond donors (Lipinski definition) is 1. The van der Waals surface area contributed by atoms with Crippen molar-refractivity contribution in [3.8, 4) is 5.75 Å². The number of halogens is 9. The highest BCUT2D eigenvalue weighted by Crippen LogP contribution is 2.47. The van der Waals surface area contributed by atoms with Crippen molar-refractivity contribution in [2.45, 2.75) is 18.5 Å². The molecule has 10 heteroatoms. The van der Waals surface area contributed by atoms with E-state index in [4.69, 9.17) is 5.11 Å². The first-order valence-corrected chi connectivity index (χ1v) is 4.33. The van der Waals surface area contributed by atoms with Crippen molar-refractivity contribution in [3.05, 3.63) is 28.8 Å². The van der Waals surface area contributed by atoms with Gasteiger partial charge >= 0.3 is 18.5 Å². The van der Waals surface area contributed by atoms with Gasteiger partial charge in [-0.3, -0.25) is 0 Å². The summed E-state index contributed by atoms with van der Waals surface area (Å²) in [6.45, 7) is 0. The van der Waals surface area contributed by atoms with Crippen LogP contribution in [0.2, 0.25) is 0 Å². The molecule has 0 heterocycles. The average molecular weight is 298 g/mol. The molecule has 0 unspecified atom stereocenters. The molecule has 0 aliphatic carbocycles. The van der Waals surface area contributed by atoms with Gasteiger partial charge in [0.15, 0.2) is 0 Å². The first kappa shape index (κ1) is 15.4. The number of phenols is 1. The van der Waals surface area contributed by atoms with Crippen LogP contribution in [0.5, 0.6) is 5.75 Å². The monoisotopic (exact) mass is 298 g/mol. The minimum atomic E-state index is -5.69. The summed E-state index contributed by atoms with van der Waals surface area (Å²) in [4.78, 5) is 0. The summed E-state index contributed by atoms with van der Waals surface area (Å²) in [7, 11) is 0. The fourth-order valence-electron chi connectivity index (χ4n) is 1.31. The molecule has 1 nitrogen and oxygen atoms in total. The predicted molar refractivity (Wildman–Crippen MR) is 43.1 cm³/mol. The lowest BCUT2D eigenvalue weighted by Crippen LogP contribution is -2.19. The molecule has 1 N–H and O–H groups in total. The van der Waals surface area contributed by atoms with Gasteiger partial charge in [-0.1, -0.05) is 0 Å². The van der Waals surface area contributed by atoms with Crippen molar-refractivity contribution in [2.24, 2.45) is 0 Å². The summed E-state index contributed by atoms with van der Waals surface area (Å²) < 4.78 is 111. The molecule has 0 saturated carbocycles. The lowest BCUT2D eigenvalue weighted by molar-refractivity contribution is -0.164. The van der Waals surface area contributed by atoms with E-state index in [0.29, 0.717) is 0 Å². The van der Waals surface area contributed by atoms with Crippen molar-refractivity contribution in [2.75, 3.05) is 0 Å². The van der Waals surface area contributed by atoms with E-state index >= 15 is 0 Å². The van der Waals surface area contributed by atoms with Gasteiger partial charge in [0.2, 0.25) is 0 Å². The zero-order valence-electron chi connectivity index (χ0n) is 8.50. The first-order valence-electron chi connectivity index (χ1n) is 4.33. The van der Waals surface area contributed by atoms with Crippen LogP contribution in [-0.2, 0) is 18.5 Å². The molecule has 108 valence electrons. The topological polar surface area (TPSA) is 20.2 Å². The van der Waals surface area contributed by atoms with Crippen molar-refractivity contribution in [1.29, 1.82) is 0 Å². The number of rotatable bonds is 0. The van der Waals surface area contributed by atoms with E-state index in [-0.39, 0.29) is 0 Å². The molecule has 19 heavy (non-hydrogen) atoms. The summed E-state index contributed by atoms with van der Waals surface area (Å²) in [5, 5.41) is 8.81. The maximum absolute atomic E-state index is 12.3. The smallest absolute Gasteiger partial charge is 0.420 e. The highest BCUT2D eigenvalue weighted by Gasteiger charge is 2.47. The quantitative estimate of drug-likeness (QED) is 0.702. The van der Waals surface area contributed by atoms with Crippen LogP contribution in [0, 0.1) is 0 Å². The number of phenolic OH excluding ortho intramolecular Hbond substituents is 1. The van der Waals surface area contributed by atoms with Crippen molar-refractivity contribution >= 4 is 0 Å². The summed E-state index contributed by atoms with van der Waals surface area (Å²) >= 11 is 0. The van der Waals surface area contributed by atoms with E-state index in [2.05, 4.69) is 0 Å². The summed E-state index contributed by atoms with van der Waals surface area (Å²) in [5.41, 5.74) is -7.16. The molecule has 0 amide bonds. The zero-order chi connectivity index (χ0) is 15.2. The van der Waals surface area contributed by atoms with Crippen LogP contribution in [0.1, 0.15) is 16.7 Å². The third-order valence-electron chi connectivity index (χ3n) is 2.03. The van der Waals surface area contributed by atoms with Crippen LogP contribution in [0.3, 0.4) is 0 Å². The van der Waals surface area contributed by atoms with Crippen LogP contribution in [0.25, 0.3) is 0 Å². The Hall–Kier alpha value is -1.61. The lowest BCUT2D eigenvalue weighted by atomic mass is 10.0. The average Bonchev–Trinajstić information content (AvgIpc) is 2.11. The number of hydrogen-bond acceptors (Lipinski definition) is 1. The van der Waals surface area contributed by atoms with E-state index in [9.17, 15) is 39.5 Å². The van der Waals surface area contributed by atoms with Crippen LogP contribution in [0.4, 0.5) is 39.5 Å². The zero-order valence-corrected chi connectivity index (χ0v) is 8.50. The Bertz CT molecular complexity index is 480. The van der Waals surface area contributed by atoms with E-state index in [1.165, 1.54) is 0 Å². The molecule has 0 atom stereocenters. The Morgan fingerprint density at radius 2 is 1.16 bits per heavy atom. The molecule has 0 aromatic heterocycles. The van der Waals surface area contributed by atoms with Gasteiger partial charge in [-0.05, 0) is 12.1 Å². The second-order valence-electron chi connectivity index (χ2n) is 3.41. The van der Waals surface area contributed by atoms with Gasteiger partial charge in [0.05, 0.1) is 11.1 Å². The Morgan fingerprint density at radius 1 is 0.684 bits per heavy atom. The maximum atomic E-state index is 12.3. The maximum Gasteiger partial charge on any atom is 0.420 e. The molecule has 0 bridgehead atoms. The molecule has 0 radical (unpaired) electrons. The van der Waals surface area contributed by atoms with Gasteiger partial charge in [0.1, 0.15) is 11.3 Å². The van der Waals surface area contributed by atoms with E-state index in [0.717, 1.165) is 0 Å². The van der Waals surface area contributed by atoms with Crippen LogP contribution < -0.4 is 0 Å².